The molecule has 0 N–H and O–H groups in total. The van der Waals surface area contributed by atoms with Gasteiger partial charge in [-0.2, -0.15) is 0 Å². The van der Waals surface area contributed by atoms with E-state index >= 15 is 0 Å². The van der Waals surface area contributed by atoms with Crippen LogP contribution in [0.3, 0.4) is 0 Å². The summed E-state index contributed by atoms with van der Waals surface area (Å²) >= 11 is 0. The van der Waals surface area contributed by atoms with Gasteiger partial charge in [-0.1, -0.05) is 41.0 Å². The van der Waals surface area contributed by atoms with E-state index in [2.05, 4.69) is 20.8 Å². The van der Waals surface area contributed by atoms with E-state index in [1.807, 2.05) is 13.8 Å². The van der Waals surface area contributed by atoms with Crippen molar-refractivity contribution < 1.29 is 9.53 Å². The number of rotatable bonds is 2. The van der Waals surface area contributed by atoms with Crippen LogP contribution < -0.4 is 0 Å². The molecule has 0 radical (unpaired) electrons. The first-order valence-corrected chi connectivity index (χ1v) is 6.68. The minimum Gasteiger partial charge on any atom is -0.462 e. The Kier molecular flexibility index (Phi) is 7.44. The molecule has 0 bridgehead atoms. The quantitative estimate of drug-likeness (QED) is 0.667. The summed E-state index contributed by atoms with van der Waals surface area (Å²) in [5, 5.41) is 0. The lowest BCUT2D eigenvalue weighted by Gasteiger charge is -2.36. The van der Waals surface area contributed by atoms with Gasteiger partial charge in [-0.3, -0.25) is 4.79 Å². The van der Waals surface area contributed by atoms with Crippen LogP contribution >= 0.6 is 0 Å². The van der Waals surface area contributed by atoms with Gasteiger partial charge in [0.1, 0.15) is 6.10 Å². The van der Waals surface area contributed by atoms with Crippen molar-refractivity contribution in [3.63, 3.8) is 0 Å². The molecule has 0 aromatic heterocycles. The van der Waals surface area contributed by atoms with Crippen LogP contribution in [-0.2, 0) is 9.53 Å². The number of carbonyl (C=O) groups excluding carboxylic acids is 1. The third kappa shape index (κ3) is 5.00. The van der Waals surface area contributed by atoms with E-state index in [4.69, 9.17) is 4.74 Å². The predicted octanol–water partition coefficient (Wildman–Crippen LogP) is 4.04. The normalized spacial score (nSPS) is 29.3. The van der Waals surface area contributed by atoms with Gasteiger partial charge < -0.3 is 4.74 Å². The second-order valence-corrected chi connectivity index (χ2v) is 4.97. The molecule has 1 aliphatic carbocycles. The van der Waals surface area contributed by atoms with Gasteiger partial charge in [-0.25, -0.2) is 0 Å². The highest BCUT2D eigenvalue weighted by atomic mass is 16.5. The SMILES string of the molecule is CC.CC(=O)OC1CC(C)CCC1C(C)C. The molecule has 0 heterocycles. The van der Waals surface area contributed by atoms with Crippen molar-refractivity contribution in [2.24, 2.45) is 17.8 Å². The van der Waals surface area contributed by atoms with Crippen molar-refractivity contribution in [2.45, 2.75) is 66.9 Å². The van der Waals surface area contributed by atoms with Crippen LogP contribution in [0.4, 0.5) is 0 Å². The van der Waals surface area contributed by atoms with Crippen LogP contribution in [0.2, 0.25) is 0 Å². The summed E-state index contributed by atoms with van der Waals surface area (Å²) in [7, 11) is 0. The lowest BCUT2D eigenvalue weighted by Crippen LogP contribution is -2.35. The molecular formula is C14H28O2. The lowest BCUT2D eigenvalue weighted by atomic mass is 9.75. The van der Waals surface area contributed by atoms with Gasteiger partial charge in [0.2, 0.25) is 0 Å². The summed E-state index contributed by atoms with van der Waals surface area (Å²) in [5.74, 6) is 1.76. The van der Waals surface area contributed by atoms with Gasteiger partial charge in [0, 0.05) is 6.92 Å². The maximum absolute atomic E-state index is 11.0. The Bertz CT molecular complexity index is 199. The molecule has 2 nitrogen and oxygen atoms in total. The fourth-order valence-corrected chi connectivity index (χ4v) is 2.46. The predicted molar refractivity (Wildman–Crippen MR) is 68.2 cm³/mol. The Balaban J connectivity index is 0.00000106. The third-order valence-electron chi connectivity index (χ3n) is 3.28. The Labute approximate surface area is 101 Å². The summed E-state index contributed by atoms with van der Waals surface area (Å²) < 4.78 is 5.40. The van der Waals surface area contributed by atoms with Gasteiger partial charge in [-0.05, 0) is 30.6 Å². The van der Waals surface area contributed by atoms with Gasteiger partial charge >= 0.3 is 5.97 Å². The molecule has 0 saturated heterocycles. The van der Waals surface area contributed by atoms with Crippen molar-refractivity contribution in [3.8, 4) is 0 Å². The van der Waals surface area contributed by atoms with E-state index in [-0.39, 0.29) is 12.1 Å². The number of ether oxygens (including phenoxy) is 1. The molecule has 3 unspecified atom stereocenters. The van der Waals surface area contributed by atoms with E-state index in [1.54, 1.807) is 0 Å². The molecule has 0 spiro atoms. The molecule has 0 aromatic carbocycles. The second-order valence-electron chi connectivity index (χ2n) is 4.97. The average Bonchev–Trinajstić information content (AvgIpc) is 2.19. The molecule has 1 aliphatic rings. The molecular weight excluding hydrogens is 200 g/mol. The molecule has 0 amide bonds. The topological polar surface area (TPSA) is 26.3 Å². The molecule has 1 fully saturated rings. The van der Waals surface area contributed by atoms with Crippen molar-refractivity contribution in [3.05, 3.63) is 0 Å². The van der Waals surface area contributed by atoms with E-state index in [9.17, 15) is 4.79 Å². The zero-order chi connectivity index (χ0) is 12.7. The van der Waals surface area contributed by atoms with E-state index < -0.39 is 0 Å². The average molecular weight is 228 g/mol. The summed E-state index contributed by atoms with van der Waals surface area (Å²) in [4.78, 5) is 11.0. The Morgan fingerprint density at radius 2 is 1.81 bits per heavy atom. The third-order valence-corrected chi connectivity index (χ3v) is 3.28. The highest BCUT2D eigenvalue weighted by Gasteiger charge is 2.32. The minimum absolute atomic E-state index is 0.130. The molecule has 0 aromatic rings. The Morgan fingerprint density at radius 1 is 1.25 bits per heavy atom. The molecule has 3 atom stereocenters. The van der Waals surface area contributed by atoms with Crippen molar-refractivity contribution in [1.29, 1.82) is 0 Å². The molecule has 16 heavy (non-hydrogen) atoms. The van der Waals surface area contributed by atoms with Gasteiger partial charge in [0.25, 0.3) is 0 Å². The van der Waals surface area contributed by atoms with Gasteiger partial charge in [0.15, 0.2) is 0 Å². The lowest BCUT2D eigenvalue weighted by molar-refractivity contribution is -0.153. The van der Waals surface area contributed by atoms with Crippen molar-refractivity contribution in [1.82, 2.24) is 0 Å². The van der Waals surface area contributed by atoms with Gasteiger partial charge in [-0.15, -0.1) is 0 Å². The summed E-state index contributed by atoms with van der Waals surface area (Å²) in [6.45, 7) is 12.2. The van der Waals surface area contributed by atoms with Crippen molar-refractivity contribution >= 4 is 5.97 Å². The Morgan fingerprint density at radius 3 is 2.25 bits per heavy atom. The van der Waals surface area contributed by atoms with Crippen LogP contribution in [-0.4, -0.2) is 12.1 Å². The Hall–Kier alpha value is -0.530. The zero-order valence-electron chi connectivity index (χ0n) is 11.7. The second kappa shape index (κ2) is 7.70. The first-order valence-electron chi connectivity index (χ1n) is 6.68. The standard InChI is InChI=1S/C12H22O2.C2H6/c1-8(2)11-6-5-9(3)7-12(11)14-10(4)13;1-2/h8-9,11-12H,5-7H2,1-4H3;1-2H3. The highest BCUT2D eigenvalue weighted by molar-refractivity contribution is 5.66. The van der Waals surface area contributed by atoms with Gasteiger partial charge in [0.05, 0.1) is 0 Å². The maximum Gasteiger partial charge on any atom is 0.302 e. The van der Waals surface area contributed by atoms with E-state index in [0.717, 1.165) is 6.42 Å². The minimum atomic E-state index is -0.130. The molecule has 0 aliphatic heterocycles. The first-order chi connectivity index (χ1) is 7.50. The monoisotopic (exact) mass is 228 g/mol. The molecule has 2 heteroatoms. The fourth-order valence-electron chi connectivity index (χ4n) is 2.46. The van der Waals surface area contributed by atoms with Crippen molar-refractivity contribution in [2.75, 3.05) is 0 Å². The van der Waals surface area contributed by atoms with E-state index in [0.29, 0.717) is 17.8 Å². The summed E-state index contributed by atoms with van der Waals surface area (Å²) in [5.41, 5.74) is 0. The van der Waals surface area contributed by atoms with Crippen LogP contribution in [0.25, 0.3) is 0 Å². The van der Waals surface area contributed by atoms with E-state index in [1.165, 1.54) is 19.8 Å². The first kappa shape index (κ1) is 15.5. The summed E-state index contributed by atoms with van der Waals surface area (Å²) in [6.07, 6.45) is 3.69. The molecule has 1 saturated carbocycles. The fraction of sp³-hybridized carbons (Fsp3) is 0.929. The maximum atomic E-state index is 11.0. The number of esters is 1. The smallest absolute Gasteiger partial charge is 0.302 e. The molecule has 1 rings (SSSR count). The largest absolute Gasteiger partial charge is 0.462 e. The number of hydrogen-bond donors (Lipinski definition) is 0. The van der Waals surface area contributed by atoms with Crippen LogP contribution in [0.5, 0.6) is 0 Å². The van der Waals surface area contributed by atoms with Crippen LogP contribution in [0.15, 0.2) is 0 Å². The highest BCUT2D eigenvalue weighted by Crippen LogP contribution is 2.35. The number of carbonyl (C=O) groups is 1. The molecule has 96 valence electrons. The van der Waals surface area contributed by atoms with Crippen LogP contribution in [0.1, 0.15) is 60.8 Å². The number of hydrogen-bond acceptors (Lipinski definition) is 2. The van der Waals surface area contributed by atoms with Crippen LogP contribution in [0, 0.1) is 17.8 Å². The zero-order valence-corrected chi connectivity index (χ0v) is 11.7. The summed E-state index contributed by atoms with van der Waals surface area (Å²) in [6, 6.07) is 0.